The van der Waals surface area contributed by atoms with Crippen LogP contribution < -0.4 is 22.1 Å². The van der Waals surface area contributed by atoms with Gasteiger partial charge in [-0.05, 0) is 24.7 Å². The number of hydrogen-bond acceptors (Lipinski definition) is 5. The largest absolute Gasteiger partial charge is 0.370 e. The van der Waals surface area contributed by atoms with Crippen LogP contribution in [0.5, 0.6) is 0 Å². The van der Waals surface area contributed by atoms with Gasteiger partial charge in [0.25, 0.3) is 0 Å². The molecule has 6 N–H and O–H groups in total. The molecule has 0 heterocycles. The van der Waals surface area contributed by atoms with Crippen LogP contribution in [-0.4, -0.2) is 48.5 Å². The number of carbonyl (C=O) groups is 4. The van der Waals surface area contributed by atoms with E-state index in [1.807, 2.05) is 27.7 Å². The molecule has 9 nitrogen and oxygen atoms in total. The highest BCUT2D eigenvalue weighted by molar-refractivity contribution is 5.92. The van der Waals surface area contributed by atoms with Crippen LogP contribution >= 0.6 is 0 Å². The van der Waals surface area contributed by atoms with Gasteiger partial charge in [0.15, 0.2) is 11.7 Å². The molecule has 2 amide bonds. The maximum atomic E-state index is 12.8. The van der Waals surface area contributed by atoms with E-state index in [0.717, 1.165) is 0 Å². The number of nitrogens with one attached hydrogen (secondary N) is 2. The van der Waals surface area contributed by atoms with Crippen LogP contribution in [0.1, 0.15) is 53.9 Å². The Morgan fingerprint density at radius 3 is 2.00 bits per heavy atom. The predicted molar refractivity (Wildman–Crippen MR) is 108 cm³/mol. The monoisotopic (exact) mass is 397 g/mol. The Morgan fingerprint density at radius 2 is 1.57 bits per heavy atom. The van der Waals surface area contributed by atoms with Gasteiger partial charge in [0, 0.05) is 19.3 Å². The van der Waals surface area contributed by atoms with E-state index in [2.05, 4.69) is 15.6 Å². The zero-order chi connectivity index (χ0) is 21.9. The van der Waals surface area contributed by atoms with Crippen molar-refractivity contribution < 1.29 is 19.2 Å². The minimum absolute atomic E-state index is 0.0183. The number of nitrogens with two attached hydrogens (primary N) is 2. The summed E-state index contributed by atoms with van der Waals surface area (Å²) < 4.78 is 0. The molecule has 0 saturated heterocycles. The summed E-state index contributed by atoms with van der Waals surface area (Å²) in [7, 11) is 0. The van der Waals surface area contributed by atoms with E-state index < -0.39 is 23.9 Å². The van der Waals surface area contributed by atoms with Crippen molar-refractivity contribution in [3.8, 4) is 0 Å². The van der Waals surface area contributed by atoms with Crippen LogP contribution in [-0.2, 0) is 19.2 Å². The van der Waals surface area contributed by atoms with Crippen molar-refractivity contribution in [3.05, 3.63) is 0 Å². The molecule has 0 radical (unpaired) electrons. The Bertz CT molecular complexity index is 571. The first-order chi connectivity index (χ1) is 13.0. The van der Waals surface area contributed by atoms with Crippen LogP contribution in [0.4, 0.5) is 0 Å². The number of carbonyl (C=O) groups excluding carboxylic acids is 4. The van der Waals surface area contributed by atoms with E-state index in [0.29, 0.717) is 19.1 Å². The first-order valence-electron chi connectivity index (χ1n) is 9.57. The number of aldehydes is 1. The summed E-state index contributed by atoms with van der Waals surface area (Å²) in [6, 6.07) is -1.51. The number of hydrogen-bond donors (Lipinski definition) is 4. The smallest absolute Gasteiger partial charge is 0.224 e. The molecule has 28 heavy (non-hydrogen) atoms. The molecule has 0 aliphatic rings. The van der Waals surface area contributed by atoms with Crippen LogP contribution in [0, 0.1) is 17.8 Å². The van der Waals surface area contributed by atoms with Crippen LogP contribution in [0.15, 0.2) is 4.99 Å². The van der Waals surface area contributed by atoms with Crippen molar-refractivity contribution in [2.45, 2.75) is 66.0 Å². The lowest BCUT2D eigenvalue weighted by Gasteiger charge is -2.24. The summed E-state index contributed by atoms with van der Waals surface area (Å²) in [5.41, 5.74) is 10.5. The highest BCUT2D eigenvalue weighted by atomic mass is 16.2. The first kappa shape index (κ1) is 25.6. The molecular formula is C19H35N5O4. The number of ketones is 1. The van der Waals surface area contributed by atoms with Crippen LogP contribution in [0.3, 0.4) is 0 Å². The maximum Gasteiger partial charge on any atom is 0.224 e. The predicted octanol–water partition coefficient (Wildman–Crippen LogP) is 0.116. The molecular weight excluding hydrogens is 362 g/mol. The molecule has 0 saturated carbocycles. The minimum atomic E-state index is -0.874. The van der Waals surface area contributed by atoms with E-state index in [-0.39, 0.29) is 42.5 Å². The standard InChI is InChI=1S/C19H35N5O4/c1-11(2)6-14(18(28)24-15(10-25)9-22-19(20)21)8-17(27)16(7-12(3)4)23-13(5)26/h10-12,14-16H,6-9H2,1-5H3,(H,23,26)(H,24,28)(H4,20,21,22)/t14-,15+,16+/m1/s1. The molecule has 0 aliphatic heterocycles. The van der Waals surface area contributed by atoms with E-state index in [1.54, 1.807) is 0 Å². The second kappa shape index (κ2) is 12.9. The lowest BCUT2D eigenvalue weighted by atomic mass is 9.88. The number of aliphatic imine (C=N–C) groups is 1. The molecule has 0 spiro atoms. The second-order valence-electron chi connectivity index (χ2n) is 7.90. The minimum Gasteiger partial charge on any atom is -0.370 e. The molecule has 0 unspecified atom stereocenters. The first-order valence-corrected chi connectivity index (χ1v) is 9.57. The molecule has 0 aromatic rings. The zero-order valence-corrected chi connectivity index (χ0v) is 17.5. The van der Waals surface area contributed by atoms with Gasteiger partial charge in [-0.15, -0.1) is 0 Å². The highest BCUT2D eigenvalue weighted by Gasteiger charge is 2.29. The summed E-state index contributed by atoms with van der Waals surface area (Å²) in [6.07, 6.45) is 1.50. The number of guanidine groups is 1. The maximum absolute atomic E-state index is 12.8. The Morgan fingerprint density at radius 1 is 1.00 bits per heavy atom. The summed E-state index contributed by atoms with van der Waals surface area (Å²) in [5.74, 6) is -1.31. The fraction of sp³-hybridized carbons (Fsp3) is 0.737. The lowest BCUT2D eigenvalue weighted by molar-refractivity contribution is -0.133. The van der Waals surface area contributed by atoms with Crippen LogP contribution in [0.25, 0.3) is 0 Å². The van der Waals surface area contributed by atoms with Gasteiger partial charge in [0.2, 0.25) is 11.8 Å². The van der Waals surface area contributed by atoms with Crippen molar-refractivity contribution in [2.75, 3.05) is 6.54 Å². The topological polar surface area (TPSA) is 157 Å². The molecule has 3 atom stereocenters. The van der Waals surface area contributed by atoms with E-state index >= 15 is 0 Å². The number of nitrogens with zero attached hydrogens (tertiary/aromatic N) is 1. The Labute approximate surface area is 167 Å². The normalized spacial score (nSPS) is 14.1. The molecule has 0 bridgehead atoms. The summed E-state index contributed by atoms with van der Waals surface area (Å²) in [5, 5.41) is 5.26. The average Bonchev–Trinajstić information content (AvgIpc) is 2.55. The molecule has 0 rings (SSSR count). The number of Topliss-reactive ketones (excluding diaryl/α,β-unsaturated/α-hetero) is 1. The molecule has 9 heteroatoms. The van der Waals surface area contributed by atoms with Crippen molar-refractivity contribution in [1.29, 1.82) is 0 Å². The van der Waals surface area contributed by atoms with E-state index in [4.69, 9.17) is 11.5 Å². The van der Waals surface area contributed by atoms with E-state index in [9.17, 15) is 19.2 Å². The Balaban J connectivity index is 5.23. The van der Waals surface area contributed by atoms with Gasteiger partial charge in [-0.2, -0.15) is 0 Å². The van der Waals surface area contributed by atoms with Gasteiger partial charge in [0.1, 0.15) is 12.3 Å². The van der Waals surface area contributed by atoms with Crippen molar-refractivity contribution in [3.63, 3.8) is 0 Å². The Hall–Kier alpha value is -2.45. The van der Waals surface area contributed by atoms with Gasteiger partial charge < -0.3 is 26.9 Å². The van der Waals surface area contributed by atoms with Gasteiger partial charge >= 0.3 is 0 Å². The van der Waals surface area contributed by atoms with Gasteiger partial charge in [-0.25, -0.2) is 0 Å². The summed E-state index contributed by atoms with van der Waals surface area (Å²) in [6.45, 7) is 9.10. The zero-order valence-electron chi connectivity index (χ0n) is 17.5. The third-order valence-electron chi connectivity index (χ3n) is 4.01. The quantitative estimate of drug-likeness (QED) is 0.196. The van der Waals surface area contributed by atoms with Crippen molar-refractivity contribution in [1.82, 2.24) is 10.6 Å². The summed E-state index contributed by atoms with van der Waals surface area (Å²) >= 11 is 0. The Kier molecular flexibility index (Phi) is 11.7. The van der Waals surface area contributed by atoms with Gasteiger partial charge in [0.05, 0.1) is 12.6 Å². The fourth-order valence-corrected chi connectivity index (χ4v) is 2.85. The third kappa shape index (κ3) is 11.3. The number of amides is 2. The SMILES string of the molecule is CC(=O)N[C@@H](CC(C)C)C(=O)C[C@@H](CC(C)C)C(=O)N[C@H](C=O)CN=C(N)N. The fourth-order valence-electron chi connectivity index (χ4n) is 2.85. The van der Waals surface area contributed by atoms with E-state index in [1.165, 1.54) is 6.92 Å². The molecule has 0 aromatic carbocycles. The van der Waals surface area contributed by atoms with Crippen molar-refractivity contribution in [2.24, 2.45) is 34.2 Å². The molecule has 0 aliphatic carbocycles. The third-order valence-corrected chi connectivity index (χ3v) is 4.01. The lowest BCUT2D eigenvalue weighted by Crippen LogP contribution is -2.45. The van der Waals surface area contributed by atoms with Crippen molar-refractivity contribution >= 4 is 29.8 Å². The molecule has 160 valence electrons. The van der Waals surface area contributed by atoms with Crippen LogP contribution in [0.2, 0.25) is 0 Å². The number of rotatable bonds is 13. The van der Waals surface area contributed by atoms with Gasteiger partial charge in [-0.3, -0.25) is 19.4 Å². The van der Waals surface area contributed by atoms with Gasteiger partial charge in [-0.1, -0.05) is 27.7 Å². The second-order valence-corrected chi connectivity index (χ2v) is 7.90. The molecule has 0 aromatic heterocycles. The molecule has 0 fully saturated rings. The highest BCUT2D eigenvalue weighted by Crippen LogP contribution is 2.19. The average molecular weight is 398 g/mol. The summed E-state index contributed by atoms with van der Waals surface area (Å²) in [4.78, 5) is 51.8.